The van der Waals surface area contributed by atoms with Gasteiger partial charge >= 0.3 is 5.97 Å². The van der Waals surface area contributed by atoms with Crippen molar-refractivity contribution in [1.82, 2.24) is 10.2 Å². The van der Waals surface area contributed by atoms with E-state index in [4.69, 9.17) is 9.47 Å². The number of benzene rings is 2. The molecule has 0 unspecified atom stereocenters. The highest BCUT2D eigenvalue weighted by molar-refractivity contribution is 5.98. The second-order valence-corrected chi connectivity index (χ2v) is 8.12. The Morgan fingerprint density at radius 3 is 2.18 bits per heavy atom. The van der Waals surface area contributed by atoms with E-state index in [9.17, 15) is 14.4 Å². The van der Waals surface area contributed by atoms with Crippen molar-refractivity contribution in [2.24, 2.45) is 5.92 Å². The summed E-state index contributed by atoms with van der Waals surface area (Å²) in [7, 11) is 0. The monoisotopic (exact) mass is 469 g/mol. The molecule has 0 radical (unpaired) electrons. The van der Waals surface area contributed by atoms with Gasteiger partial charge in [0.2, 0.25) is 5.91 Å². The molecule has 34 heavy (non-hydrogen) atoms. The van der Waals surface area contributed by atoms with E-state index in [2.05, 4.69) is 29.4 Å². The quantitative estimate of drug-likeness (QED) is 0.437. The Bertz CT molecular complexity index is 912. The number of nitrogens with zero attached hydrogens (tertiary/aromatic N) is 1. The third-order valence-corrected chi connectivity index (χ3v) is 5.30. The van der Waals surface area contributed by atoms with Gasteiger partial charge in [-0.3, -0.25) is 9.59 Å². The van der Waals surface area contributed by atoms with Gasteiger partial charge < -0.3 is 25.0 Å². The molecule has 0 aliphatic rings. The maximum atomic E-state index is 12.8. The first-order chi connectivity index (χ1) is 16.3. The minimum Gasteiger partial charge on any atom is -0.484 e. The molecule has 0 fully saturated rings. The Balaban J connectivity index is 1.86. The molecule has 0 spiro atoms. The predicted molar refractivity (Wildman–Crippen MR) is 132 cm³/mol. The number of esters is 1. The van der Waals surface area contributed by atoms with Crippen LogP contribution in [0.2, 0.25) is 0 Å². The third kappa shape index (κ3) is 8.86. The molecule has 0 saturated carbocycles. The molecule has 8 nitrogen and oxygen atoms in total. The molecular formula is C26H35N3O5. The molecule has 2 aromatic carbocycles. The summed E-state index contributed by atoms with van der Waals surface area (Å²) in [5.74, 6) is -0.704. The lowest BCUT2D eigenvalue weighted by atomic mass is 10.0. The normalized spacial score (nSPS) is 11.7. The summed E-state index contributed by atoms with van der Waals surface area (Å²) in [6.45, 7) is 10.4. The maximum absolute atomic E-state index is 12.8. The van der Waals surface area contributed by atoms with Gasteiger partial charge in [-0.2, -0.15) is 0 Å². The zero-order chi connectivity index (χ0) is 24.9. The molecule has 1 atom stereocenters. The molecule has 0 aliphatic heterocycles. The highest BCUT2D eigenvalue weighted by Gasteiger charge is 2.24. The van der Waals surface area contributed by atoms with E-state index in [0.29, 0.717) is 30.2 Å². The molecule has 0 saturated heterocycles. The van der Waals surface area contributed by atoms with Gasteiger partial charge in [-0.25, -0.2) is 4.79 Å². The summed E-state index contributed by atoms with van der Waals surface area (Å²) < 4.78 is 10.8. The number of nitrogens with one attached hydrogen (secondary N) is 2. The summed E-state index contributed by atoms with van der Waals surface area (Å²) in [6, 6.07) is 14.7. The van der Waals surface area contributed by atoms with Crippen molar-refractivity contribution in [1.29, 1.82) is 0 Å². The van der Waals surface area contributed by atoms with Crippen LogP contribution in [0, 0.1) is 5.92 Å². The van der Waals surface area contributed by atoms with E-state index in [1.807, 2.05) is 32.0 Å². The zero-order valence-electron chi connectivity index (χ0n) is 20.4. The van der Waals surface area contributed by atoms with Gasteiger partial charge in [0.05, 0.1) is 5.56 Å². The molecule has 2 N–H and O–H groups in total. The van der Waals surface area contributed by atoms with Gasteiger partial charge in [0, 0.05) is 12.2 Å². The van der Waals surface area contributed by atoms with E-state index in [0.717, 1.165) is 13.1 Å². The number of hydrogen-bond acceptors (Lipinski definition) is 6. The molecule has 0 aromatic heterocycles. The topological polar surface area (TPSA) is 97.0 Å². The first kappa shape index (κ1) is 26.9. The highest BCUT2D eigenvalue weighted by Crippen LogP contribution is 2.13. The molecule has 2 aromatic rings. The van der Waals surface area contributed by atoms with Gasteiger partial charge in [-0.05, 0) is 55.4 Å². The van der Waals surface area contributed by atoms with Gasteiger partial charge in [-0.1, -0.05) is 45.9 Å². The lowest BCUT2D eigenvalue weighted by Gasteiger charge is -2.22. The van der Waals surface area contributed by atoms with E-state index in [1.54, 1.807) is 36.4 Å². The lowest BCUT2D eigenvalue weighted by molar-refractivity contribution is -0.128. The largest absolute Gasteiger partial charge is 0.484 e. The van der Waals surface area contributed by atoms with Crippen molar-refractivity contribution in [2.75, 3.05) is 38.2 Å². The Kier molecular flexibility index (Phi) is 11.1. The van der Waals surface area contributed by atoms with Crippen molar-refractivity contribution in [3.63, 3.8) is 0 Å². The molecule has 184 valence electrons. The Morgan fingerprint density at radius 1 is 0.941 bits per heavy atom. The molecule has 0 aliphatic carbocycles. The van der Waals surface area contributed by atoms with Crippen LogP contribution < -0.4 is 15.4 Å². The molecule has 0 heterocycles. The van der Waals surface area contributed by atoms with Crippen LogP contribution >= 0.6 is 0 Å². The summed E-state index contributed by atoms with van der Waals surface area (Å²) >= 11 is 0. The number of anilines is 1. The van der Waals surface area contributed by atoms with Crippen LogP contribution in [0.15, 0.2) is 54.6 Å². The molecule has 2 rings (SSSR count). The SMILES string of the molecule is CCN(CC)CCOC(=O)c1ccc(NC(=O)[C@H](NC(=O)COc2ccccc2)C(C)C)cc1. The van der Waals surface area contributed by atoms with Crippen molar-refractivity contribution in [3.05, 3.63) is 60.2 Å². The van der Waals surface area contributed by atoms with E-state index in [-0.39, 0.29) is 24.3 Å². The van der Waals surface area contributed by atoms with Crippen molar-refractivity contribution >= 4 is 23.5 Å². The minimum absolute atomic E-state index is 0.138. The fourth-order valence-electron chi connectivity index (χ4n) is 3.22. The van der Waals surface area contributed by atoms with Crippen molar-refractivity contribution in [3.8, 4) is 5.75 Å². The standard InChI is InChI=1S/C26H35N3O5/c1-5-29(6-2)16-17-33-26(32)20-12-14-21(15-13-20)27-25(31)24(19(3)4)28-23(30)18-34-22-10-8-7-9-11-22/h7-15,19,24H,5-6,16-18H2,1-4H3,(H,27,31)(H,28,30)/t24-/m1/s1. The summed E-state index contributed by atoms with van der Waals surface area (Å²) in [6.07, 6.45) is 0. The number of hydrogen-bond donors (Lipinski definition) is 2. The minimum atomic E-state index is -0.739. The maximum Gasteiger partial charge on any atom is 0.338 e. The lowest BCUT2D eigenvalue weighted by Crippen LogP contribution is -2.48. The Morgan fingerprint density at radius 2 is 1.59 bits per heavy atom. The summed E-state index contributed by atoms with van der Waals surface area (Å²) in [4.78, 5) is 39.5. The number of rotatable bonds is 13. The van der Waals surface area contributed by atoms with Crippen LogP contribution in [0.4, 0.5) is 5.69 Å². The number of para-hydroxylation sites is 1. The Labute approximate surface area is 201 Å². The van der Waals surface area contributed by atoms with Crippen LogP contribution in [-0.4, -0.2) is 61.6 Å². The number of amides is 2. The van der Waals surface area contributed by atoms with Crippen LogP contribution in [0.25, 0.3) is 0 Å². The van der Waals surface area contributed by atoms with Crippen LogP contribution in [0.1, 0.15) is 38.1 Å². The Hall–Kier alpha value is -3.39. The van der Waals surface area contributed by atoms with Crippen LogP contribution in [-0.2, 0) is 14.3 Å². The number of likely N-dealkylation sites (N-methyl/N-ethyl adjacent to an activating group) is 1. The molecule has 2 amide bonds. The molecule has 0 bridgehead atoms. The first-order valence-corrected chi connectivity index (χ1v) is 11.6. The first-order valence-electron chi connectivity index (χ1n) is 11.6. The van der Waals surface area contributed by atoms with Gasteiger partial charge in [0.1, 0.15) is 18.4 Å². The van der Waals surface area contributed by atoms with E-state index < -0.39 is 12.0 Å². The van der Waals surface area contributed by atoms with Crippen LogP contribution in [0.3, 0.4) is 0 Å². The molecular weight excluding hydrogens is 434 g/mol. The van der Waals surface area contributed by atoms with Gasteiger partial charge in [-0.15, -0.1) is 0 Å². The van der Waals surface area contributed by atoms with E-state index in [1.165, 1.54) is 0 Å². The second kappa shape index (κ2) is 14.0. The van der Waals surface area contributed by atoms with Crippen molar-refractivity contribution in [2.45, 2.75) is 33.7 Å². The highest BCUT2D eigenvalue weighted by atomic mass is 16.5. The average molecular weight is 470 g/mol. The number of carbonyl (C=O) groups is 3. The second-order valence-electron chi connectivity index (χ2n) is 8.12. The third-order valence-electron chi connectivity index (χ3n) is 5.30. The predicted octanol–water partition coefficient (Wildman–Crippen LogP) is 3.34. The fraction of sp³-hybridized carbons (Fsp3) is 0.423. The summed E-state index contributed by atoms with van der Waals surface area (Å²) in [5.41, 5.74) is 0.925. The van der Waals surface area contributed by atoms with Crippen molar-refractivity contribution < 1.29 is 23.9 Å². The van der Waals surface area contributed by atoms with Crippen LogP contribution in [0.5, 0.6) is 5.75 Å². The average Bonchev–Trinajstić information content (AvgIpc) is 2.84. The fourth-order valence-corrected chi connectivity index (χ4v) is 3.22. The number of carbonyl (C=O) groups excluding carboxylic acids is 3. The summed E-state index contributed by atoms with van der Waals surface area (Å²) in [5, 5.41) is 5.51. The molecule has 8 heteroatoms. The smallest absolute Gasteiger partial charge is 0.338 e. The zero-order valence-corrected chi connectivity index (χ0v) is 20.4. The van der Waals surface area contributed by atoms with E-state index >= 15 is 0 Å². The van der Waals surface area contributed by atoms with Gasteiger partial charge in [0.25, 0.3) is 5.91 Å². The van der Waals surface area contributed by atoms with Gasteiger partial charge in [0.15, 0.2) is 6.61 Å². The number of ether oxygens (including phenoxy) is 2.